The molecule has 0 saturated carbocycles. The number of unbranched alkanes of at least 4 members (excludes halogenated alkanes) is 2. The van der Waals surface area contributed by atoms with E-state index < -0.39 is 16.9 Å². The van der Waals surface area contributed by atoms with Gasteiger partial charge in [-0.2, -0.15) is 0 Å². The van der Waals surface area contributed by atoms with Crippen LogP contribution in [-0.2, 0) is 10.8 Å². The lowest BCUT2D eigenvalue weighted by Crippen LogP contribution is -2.01. The Morgan fingerprint density at radius 2 is 1.90 bits per heavy atom. The number of hydrogen-bond donors (Lipinski definition) is 1. The Morgan fingerprint density at radius 3 is 2.57 bits per heavy atom. The topological polar surface area (TPSA) is 37.3 Å². The highest BCUT2D eigenvalue weighted by molar-refractivity contribution is 7.85. The van der Waals surface area contributed by atoms with Gasteiger partial charge < -0.3 is 5.11 Å². The molecule has 1 aromatic heterocycles. The molecule has 0 bridgehead atoms. The summed E-state index contributed by atoms with van der Waals surface area (Å²) in [5, 5.41) is 12.2. The number of thiophene rings is 1. The Morgan fingerprint density at radius 1 is 1.19 bits per heavy atom. The summed E-state index contributed by atoms with van der Waals surface area (Å²) >= 11 is 1.50. The van der Waals surface area contributed by atoms with Crippen LogP contribution in [0.3, 0.4) is 0 Å². The molecule has 1 N–H and O–H groups in total. The number of aliphatic hydroxyl groups is 1. The molecule has 0 aliphatic carbocycles. The standard InChI is InChI=1S/C17H22O2S2/c1-3-4-5-6-15(18)17-16(11-12-20-17)21(19)14-9-7-13(2)8-10-14/h7-12,15,18H,3-6H2,1-2H3/t15-,21?/m1/s1. The molecule has 0 spiro atoms. The van der Waals surface area contributed by atoms with E-state index in [0.717, 1.165) is 45.9 Å². The smallest absolute Gasteiger partial charge is 0.0894 e. The van der Waals surface area contributed by atoms with Crippen LogP contribution in [0.2, 0.25) is 0 Å². The van der Waals surface area contributed by atoms with Crippen LogP contribution in [0.4, 0.5) is 0 Å². The van der Waals surface area contributed by atoms with Crippen molar-refractivity contribution in [1.29, 1.82) is 0 Å². The van der Waals surface area contributed by atoms with Crippen LogP contribution < -0.4 is 0 Å². The molecule has 2 nitrogen and oxygen atoms in total. The molecule has 0 fully saturated rings. The predicted molar refractivity (Wildman–Crippen MR) is 89.3 cm³/mol. The molecule has 114 valence electrons. The van der Waals surface area contributed by atoms with E-state index >= 15 is 0 Å². The first kappa shape index (κ1) is 16.4. The van der Waals surface area contributed by atoms with E-state index in [1.54, 1.807) is 0 Å². The summed E-state index contributed by atoms with van der Waals surface area (Å²) in [4.78, 5) is 2.40. The van der Waals surface area contributed by atoms with Gasteiger partial charge in [0.05, 0.1) is 21.8 Å². The number of aryl methyl sites for hydroxylation is 1. The van der Waals surface area contributed by atoms with Gasteiger partial charge in [-0.05, 0) is 36.9 Å². The fourth-order valence-corrected chi connectivity index (χ4v) is 4.63. The van der Waals surface area contributed by atoms with Gasteiger partial charge >= 0.3 is 0 Å². The fourth-order valence-electron chi connectivity index (χ4n) is 2.21. The third kappa shape index (κ3) is 4.25. The van der Waals surface area contributed by atoms with Gasteiger partial charge in [0.2, 0.25) is 0 Å². The first-order chi connectivity index (χ1) is 10.1. The molecule has 1 unspecified atom stereocenters. The van der Waals surface area contributed by atoms with E-state index in [4.69, 9.17) is 0 Å². The highest BCUT2D eigenvalue weighted by atomic mass is 32.2. The maximum Gasteiger partial charge on any atom is 0.0894 e. The van der Waals surface area contributed by atoms with E-state index in [2.05, 4.69) is 6.92 Å². The van der Waals surface area contributed by atoms with Crippen molar-refractivity contribution in [2.75, 3.05) is 0 Å². The lowest BCUT2D eigenvalue weighted by Gasteiger charge is -2.11. The number of aliphatic hydroxyl groups excluding tert-OH is 1. The van der Waals surface area contributed by atoms with Crippen LogP contribution >= 0.6 is 11.3 Å². The largest absolute Gasteiger partial charge is 0.388 e. The number of hydrogen-bond acceptors (Lipinski definition) is 3. The van der Waals surface area contributed by atoms with Crippen LogP contribution in [0.1, 0.15) is 49.2 Å². The monoisotopic (exact) mass is 322 g/mol. The van der Waals surface area contributed by atoms with Crippen molar-refractivity contribution in [1.82, 2.24) is 0 Å². The second-order valence-corrected chi connectivity index (χ2v) is 7.64. The summed E-state index contributed by atoms with van der Waals surface area (Å²) in [6.07, 6.45) is 3.51. The van der Waals surface area contributed by atoms with Gasteiger partial charge in [0.1, 0.15) is 0 Å². The lowest BCUT2D eigenvalue weighted by molar-refractivity contribution is 0.164. The van der Waals surface area contributed by atoms with Gasteiger partial charge in [-0.25, -0.2) is 4.21 Å². The molecule has 2 atom stereocenters. The maximum atomic E-state index is 12.7. The van der Waals surface area contributed by atoms with Gasteiger partial charge in [0, 0.05) is 9.77 Å². The summed E-state index contributed by atoms with van der Waals surface area (Å²) < 4.78 is 12.7. The van der Waals surface area contributed by atoms with Crippen LogP contribution in [0.25, 0.3) is 0 Å². The molecular weight excluding hydrogens is 300 g/mol. The zero-order chi connectivity index (χ0) is 15.2. The van der Waals surface area contributed by atoms with Gasteiger partial charge in [-0.3, -0.25) is 0 Å². The average molecular weight is 322 g/mol. The number of rotatable bonds is 7. The van der Waals surface area contributed by atoms with Crippen LogP contribution in [0, 0.1) is 6.92 Å². The Labute approximate surface area is 133 Å². The first-order valence-corrected chi connectivity index (χ1v) is 9.40. The Kier molecular flexibility index (Phi) is 6.15. The van der Waals surface area contributed by atoms with Crippen molar-refractivity contribution in [2.45, 2.75) is 55.4 Å². The predicted octanol–water partition coefficient (Wildman–Crippen LogP) is 4.84. The zero-order valence-electron chi connectivity index (χ0n) is 12.5. The van der Waals surface area contributed by atoms with Crippen molar-refractivity contribution >= 4 is 22.1 Å². The second kappa shape index (κ2) is 7.87. The summed E-state index contributed by atoms with van der Waals surface area (Å²) in [6, 6.07) is 9.61. The van der Waals surface area contributed by atoms with Gasteiger partial charge in [-0.15, -0.1) is 11.3 Å². The number of benzene rings is 1. The Bertz CT molecular complexity index is 587. The van der Waals surface area contributed by atoms with Gasteiger partial charge in [-0.1, -0.05) is 43.9 Å². The molecule has 0 saturated heterocycles. The third-order valence-corrected chi connectivity index (χ3v) is 6.08. The fraction of sp³-hybridized carbons (Fsp3) is 0.412. The van der Waals surface area contributed by atoms with Crippen molar-refractivity contribution in [3.05, 3.63) is 46.2 Å². The van der Waals surface area contributed by atoms with Crippen molar-refractivity contribution in [2.24, 2.45) is 0 Å². The molecular formula is C17H22O2S2. The van der Waals surface area contributed by atoms with Gasteiger partial charge in [0.15, 0.2) is 0 Å². The van der Waals surface area contributed by atoms with Crippen molar-refractivity contribution in [3.8, 4) is 0 Å². The minimum absolute atomic E-state index is 0.499. The second-order valence-electron chi connectivity index (χ2n) is 5.24. The van der Waals surface area contributed by atoms with E-state index in [1.807, 2.05) is 42.6 Å². The summed E-state index contributed by atoms with van der Waals surface area (Å²) in [6.45, 7) is 4.16. The van der Waals surface area contributed by atoms with Crippen LogP contribution in [-0.4, -0.2) is 9.32 Å². The molecule has 21 heavy (non-hydrogen) atoms. The van der Waals surface area contributed by atoms with E-state index in [1.165, 1.54) is 11.3 Å². The maximum absolute atomic E-state index is 12.7. The Balaban J connectivity index is 2.15. The van der Waals surface area contributed by atoms with Crippen molar-refractivity contribution < 1.29 is 9.32 Å². The highest BCUT2D eigenvalue weighted by Gasteiger charge is 2.19. The minimum Gasteiger partial charge on any atom is -0.388 e. The molecule has 1 aromatic carbocycles. The summed E-state index contributed by atoms with van der Waals surface area (Å²) in [5.74, 6) is 0. The molecule has 2 aromatic rings. The third-order valence-electron chi connectivity index (χ3n) is 3.48. The molecule has 0 radical (unpaired) electrons. The van der Waals surface area contributed by atoms with E-state index in [0.29, 0.717) is 0 Å². The van der Waals surface area contributed by atoms with E-state index in [9.17, 15) is 9.32 Å². The zero-order valence-corrected chi connectivity index (χ0v) is 14.2. The molecule has 0 aliphatic rings. The first-order valence-electron chi connectivity index (χ1n) is 7.37. The Hall–Kier alpha value is -0.970. The van der Waals surface area contributed by atoms with Crippen molar-refractivity contribution in [3.63, 3.8) is 0 Å². The van der Waals surface area contributed by atoms with Crippen LogP contribution in [0.15, 0.2) is 45.5 Å². The molecule has 4 heteroatoms. The normalized spacial score (nSPS) is 14.0. The molecule has 2 rings (SSSR count). The quantitative estimate of drug-likeness (QED) is 0.741. The van der Waals surface area contributed by atoms with Gasteiger partial charge in [0.25, 0.3) is 0 Å². The molecule has 0 aliphatic heterocycles. The molecule has 0 amide bonds. The molecule has 1 heterocycles. The minimum atomic E-state index is -1.21. The lowest BCUT2D eigenvalue weighted by atomic mass is 10.1. The van der Waals surface area contributed by atoms with E-state index in [-0.39, 0.29) is 0 Å². The van der Waals surface area contributed by atoms with Crippen LogP contribution in [0.5, 0.6) is 0 Å². The SMILES string of the molecule is CCCCC[C@@H](O)c1sccc1S(=O)c1ccc(C)cc1. The average Bonchev–Trinajstić information content (AvgIpc) is 2.97. The summed E-state index contributed by atoms with van der Waals surface area (Å²) in [5.41, 5.74) is 1.15. The highest BCUT2D eigenvalue weighted by Crippen LogP contribution is 2.32. The summed E-state index contributed by atoms with van der Waals surface area (Å²) in [7, 11) is -1.21.